The van der Waals surface area contributed by atoms with Gasteiger partial charge >= 0.3 is 0 Å². The monoisotopic (exact) mass is 423 g/mol. The average molecular weight is 423 g/mol. The van der Waals surface area contributed by atoms with E-state index >= 15 is 0 Å². The molecule has 3 heterocycles. The number of hydrogen-bond donors (Lipinski definition) is 1. The number of hydrogen-bond acceptors (Lipinski definition) is 6. The largest absolute Gasteiger partial charge is 0.356 e. The van der Waals surface area contributed by atoms with Crippen LogP contribution in [-0.2, 0) is 4.79 Å². The molecule has 1 aliphatic heterocycles. The Morgan fingerprint density at radius 3 is 2.87 bits per heavy atom. The van der Waals surface area contributed by atoms with Gasteiger partial charge in [0.05, 0.1) is 5.56 Å². The Kier molecular flexibility index (Phi) is 6.54. The van der Waals surface area contributed by atoms with E-state index in [1.807, 2.05) is 12.1 Å². The van der Waals surface area contributed by atoms with Crippen LogP contribution >= 0.6 is 0 Å². The molecule has 0 aliphatic carbocycles. The number of carbonyl (C=O) groups is 1. The van der Waals surface area contributed by atoms with Gasteiger partial charge in [0.1, 0.15) is 11.6 Å². The van der Waals surface area contributed by atoms with Crippen molar-refractivity contribution in [1.29, 1.82) is 0 Å². The molecular weight excluding hydrogens is 397 g/mol. The third kappa shape index (κ3) is 4.90. The summed E-state index contributed by atoms with van der Waals surface area (Å²) in [5, 5.41) is 7.04. The van der Waals surface area contributed by atoms with Gasteiger partial charge in [0.25, 0.3) is 5.89 Å². The number of carbonyl (C=O) groups excluding carboxylic acids is 1. The lowest BCUT2D eigenvalue weighted by atomic mass is 9.95. The number of piperidine rings is 1. The first-order valence-electron chi connectivity index (χ1n) is 10.7. The zero-order valence-electron chi connectivity index (χ0n) is 17.6. The van der Waals surface area contributed by atoms with Crippen LogP contribution in [0.5, 0.6) is 0 Å². The van der Waals surface area contributed by atoms with Gasteiger partial charge in [0, 0.05) is 37.3 Å². The Hall–Kier alpha value is -3.29. The molecule has 1 aliphatic rings. The number of pyridine rings is 1. The molecule has 0 saturated carbocycles. The molecule has 1 aromatic carbocycles. The second-order valence-electron chi connectivity index (χ2n) is 7.71. The van der Waals surface area contributed by atoms with Gasteiger partial charge in [-0.15, -0.1) is 0 Å². The molecule has 0 spiro atoms. The maximum Gasteiger partial charge on any atom is 0.261 e. The molecule has 1 fully saturated rings. The third-order valence-electron chi connectivity index (χ3n) is 5.52. The quantitative estimate of drug-likeness (QED) is 0.577. The van der Waals surface area contributed by atoms with Gasteiger partial charge in [-0.05, 0) is 43.5 Å². The summed E-state index contributed by atoms with van der Waals surface area (Å²) in [5.41, 5.74) is 1.28. The van der Waals surface area contributed by atoms with Crippen LogP contribution < -0.4 is 10.2 Å². The number of nitrogens with zero attached hydrogens (tertiary/aromatic N) is 4. The van der Waals surface area contributed by atoms with E-state index in [4.69, 9.17) is 4.52 Å². The summed E-state index contributed by atoms with van der Waals surface area (Å²) in [7, 11) is 0. The Labute approximate surface area is 180 Å². The van der Waals surface area contributed by atoms with E-state index < -0.39 is 0 Å². The van der Waals surface area contributed by atoms with Gasteiger partial charge < -0.3 is 14.7 Å². The second-order valence-corrected chi connectivity index (χ2v) is 7.71. The number of aromatic nitrogens is 3. The molecular formula is C23H26FN5O2. The average Bonchev–Trinajstić information content (AvgIpc) is 3.30. The summed E-state index contributed by atoms with van der Waals surface area (Å²) in [4.78, 5) is 23.5. The molecule has 3 aromatic rings. The molecule has 1 saturated heterocycles. The van der Waals surface area contributed by atoms with E-state index in [9.17, 15) is 9.18 Å². The van der Waals surface area contributed by atoms with Crippen molar-refractivity contribution >= 4 is 11.7 Å². The van der Waals surface area contributed by atoms with Crippen LogP contribution in [0.3, 0.4) is 0 Å². The first-order valence-corrected chi connectivity index (χ1v) is 10.7. The lowest BCUT2D eigenvalue weighted by Gasteiger charge is -2.32. The number of benzene rings is 1. The van der Waals surface area contributed by atoms with Crippen LogP contribution in [0.1, 0.15) is 32.6 Å². The molecule has 8 heteroatoms. The van der Waals surface area contributed by atoms with Gasteiger partial charge in [0.15, 0.2) is 0 Å². The number of anilines is 1. The normalized spacial score (nSPS) is 14.6. The van der Waals surface area contributed by atoms with Crippen molar-refractivity contribution in [1.82, 2.24) is 20.4 Å². The second kappa shape index (κ2) is 9.68. The molecule has 1 N–H and O–H groups in total. The molecule has 1 amide bonds. The number of rotatable bonds is 7. The van der Waals surface area contributed by atoms with Crippen molar-refractivity contribution in [3.63, 3.8) is 0 Å². The Bertz CT molecular complexity index is 1030. The summed E-state index contributed by atoms with van der Waals surface area (Å²) in [6.07, 6.45) is 5.34. The molecule has 0 atom stereocenters. The maximum atomic E-state index is 13.5. The highest BCUT2D eigenvalue weighted by Gasteiger charge is 2.27. The van der Waals surface area contributed by atoms with Crippen molar-refractivity contribution in [2.45, 2.75) is 32.6 Å². The summed E-state index contributed by atoms with van der Waals surface area (Å²) in [6, 6.07) is 9.79. The van der Waals surface area contributed by atoms with Crippen LogP contribution in [0.25, 0.3) is 22.8 Å². The minimum absolute atomic E-state index is 0.0308. The zero-order chi connectivity index (χ0) is 21.6. The standard InChI is InChI=1S/C23H26FN5O2/c1-2-3-11-26-22(30)16-9-13-29(14-10-16)21-19(8-5-12-25-21)23-27-20(28-31-23)17-6-4-7-18(24)15-17/h4-8,12,15-16H,2-3,9-11,13-14H2,1H3,(H,26,30). The topological polar surface area (TPSA) is 84.2 Å². The van der Waals surface area contributed by atoms with Crippen molar-refractivity contribution in [2.75, 3.05) is 24.5 Å². The first kappa shape index (κ1) is 21.0. The fourth-order valence-corrected chi connectivity index (χ4v) is 3.78. The molecule has 2 aromatic heterocycles. The summed E-state index contributed by atoms with van der Waals surface area (Å²) >= 11 is 0. The molecule has 0 bridgehead atoms. The third-order valence-corrected chi connectivity index (χ3v) is 5.52. The van der Waals surface area contributed by atoms with Crippen LogP contribution in [-0.4, -0.2) is 40.7 Å². The highest BCUT2D eigenvalue weighted by atomic mass is 19.1. The van der Waals surface area contributed by atoms with E-state index in [0.717, 1.165) is 56.7 Å². The smallest absolute Gasteiger partial charge is 0.261 e. The maximum absolute atomic E-state index is 13.5. The zero-order valence-corrected chi connectivity index (χ0v) is 17.6. The molecule has 4 rings (SSSR count). The molecule has 162 valence electrons. The summed E-state index contributed by atoms with van der Waals surface area (Å²) < 4.78 is 19.0. The van der Waals surface area contributed by atoms with Crippen LogP contribution in [0.4, 0.5) is 10.2 Å². The lowest BCUT2D eigenvalue weighted by Crippen LogP contribution is -2.41. The minimum Gasteiger partial charge on any atom is -0.356 e. The van der Waals surface area contributed by atoms with Crippen molar-refractivity contribution < 1.29 is 13.7 Å². The number of amides is 1. The van der Waals surface area contributed by atoms with Gasteiger partial charge in [0.2, 0.25) is 11.7 Å². The fraction of sp³-hybridized carbons (Fsp3) is 0.391. The highest BCUT2D eigenvalue weighted by molar-refractivity contribution is 5.79. The number of halogens is 1. The molecule has 0 unspecified atom stereocenters. The van der Waals surface area contributed by atoms with Crippen molar-refractivity contribution in [3.05, 3.63) is 48.4 Å². The highest BCUT2D eigenvalue weighted by Crippen LogP contribution is 2.32. The molecule has 7 nitrogen and oxygen atoms in total. The van der Waals surface area contributed by atoms with E-state index in [0.29, 0.717) is 17.3 Å². The molecule has 31 heavy (non-hydrogen) atoms. The van der Waals surface area contributed by atoms with Gasteiger partial charge in [-0.25, -0.2) is 9.37 Å². The Morgan fingerprint density at radius 2 is 2.10 bits per heavy atom. The van der Waals surface area contributed by atoms with Gasteiger partial charge in [-0.3, -0.25) is 4.79 Å². The lowest BCUT2D eigenvalue weighted by molar-refractivity contribution is -0.125. The summed E-state index contributed by atoms with van der Waals surface area (Å²) in [5.74, 6) is 1.23. The van der Waals surface area contributed by atoms with Crippen molar-refractivity contribution in [2.24, 2.45) is 5.92 Å². The number of unbranched alkanes of at least 4 members (excludes halogenated alkanes) is 1. The Morgan fingerprint density at radius 1 is 1.26 bits per heavy atom. The fourth-order valence-electron chi connectivity index (χ4n) is 3.78. The van der Waals surface area contributed by atoms with Crippen molar-refractivity contribution in [3.8, 4) is 22.8 Å². The van der Waals surface area contributed by atoms with E-state index in [-0.39, 0.29) is 17.6 Å². The summed E-state index contributed by atoms with van der Waals surface area (Å²) in [6.45, 7) is 4.30. The first-order chi connectivity index (χ1) is 15.2. The predicted octanol–water partition coefficient (Wildman–Crippen LogP) is 4.07. The van der Waals surface area contributed by atoms with Gasteiger partial charge in [-0.1, -0.05) is 30.6 Å². The van der Waals surface area contributed by atoms with E-state index in [1.54, 1.807) is 18.3 Å². The van der Waals surface area contributed by atoms with Crippen LogP contribution in [0.15, 0.2) is 47.1 Å². The van der Waals surface area contributed by atoms with E-state index in [2.05, 4.69) is 32.3 Å². The van der Waals surface area contributed by atoms with Crippen LogP contribution in [0.2, 0.25) is 0 Å². The predicted molar refractivity (Wildman–Crippen MR) is 116 cm³/mol. The van der Waals surface area contributed by atoms with Crippen LogP contribution in [0, 0.1) is 11.7 Å². The van der Waals surface area contributed by atoms with E-state index in [1.165, 1.54) is 12.1 Å². The SMILES string of the molecule is CCCCNC(=O)C1CCN(c2ncccc2-c2nc(-c3cccc(F)c3)no2)CC1. The minimum atomic E-state index is -0.354. The molecule has 0 radical (unpaired) electrons. The van der Waals surface area contributed by atoms with Gasteiger partial charge in [-0.2, -0.15) is 4.98 Å². The number of nitrogens with one attached hydrogen (secondary N) is 1. The Balaban J connectivity index is 1.47.